The molecule has 22 heavy (non-hydrogen) atoms. The van der Waals surface area contributed by atoms with Crippen LogP contribution in [-0.4, -0.2) is 12.5 Å². The molecule has 3 rings (SSSR count). The van der Waals surface area contributed by atoms with E-state index in [0.717, 1.165) is 6.42 Å². The molecule has 0 nitrogen and oxygen atoms in total. The Hall–Kier alpha value is -1.38. The summed E-state index contributed by atoms with van der Waals surface area (Å²) >= 11 is 3.53. The van der Waals surface area contributed by atoms with Gasteiger partial charge >= 0.3 is 0 Å². The first-order valence-corrected chi connectivity index (χ1v) is 10.5. The molecule has 1 aliphatic carbocycles. The average Bonchev–Trinajstić information content (AvgIpc) is 2.65. The molecule has 0 aliphatic heterocycles. The molecule has 0 radical (unpaired) electrons. The molecule has 2 heteroatoms. The van der Waals surface area contributed by atoms with Crippen LogP contribution in [0.25, 0.3) is 0 Å². The van der Waals surface area contributed by atoms with Crippen LogP contribution < -0.4 is 0 Å². The molecule has 0 saturated carbocycles. The average molecular weight is 329 g/mol. The summed E-state index contributed by atoms with van der Waals surface area (Å²) in [6, 6.07) is 21.9. The van der Waals surface area contributed by atoms with Crippen molar-refractivity contribution in [1.82, 2.24) is 0 Å². The van der Waals surface area contributed by atoms with Gasteiger partial charge in [0.05, 0.1) is 0 Å². The largest absolute Gasteiger partial charge is 0.183 e. The Kier molecular flexibility index (Phi) is 6.41. The van der Waals surface area contributed by atoms with Crippen molar-refractivity contribution >= 4 is 22.7 Å². The predicted octanol–water partition coefficient (Wildman–Crippen LogP) is 6.32. The van der Waals surface area contributed by atoms with E-state index in [1.165, 1.54) is 21.1 Å². The molecule has 0 saturated heterocycles. The molecule has 2 aromatic rings. The second-order valence-corrected chi connectivity index (χ2v) is 8.38. The minimum Gasteiger partial charge on any atom is -0.183 e. The lowest BCUT2D eigenvalue weighted by Gasteiger charge is -2.39. The topological polar surface area (TPSA) is 0 Å². The van der Waals surface area contributed by atoms with Crippen molar-refractivity contribution in [2.24, 2.45) is 0 Å². The van der Waals surface area contributed by atoms with E-state index < -0.39 is 10.0 Å². The summed E-state index contributed by atoms with van der Waals surface area (Å²) in [5.41, 5.74) is 0. The summed E-state index contributed by atoms with van der Waals surface area (Å²) < 4.78 is 0. The molecule has 0 bridgehead atoms. The van der Waals surface area contributed by atoms with Crippen molar-refractivity contribution < 1.29 is 0 Å². The first-order valence-electron chi connectivity index (χ1n) is 7.52. The summed E-state index contributed by atoms with van der Waals surface area (Å²) in [4.78, 5) is 4.36. The second-order valence-electron chi connectivity index (χ2n) is 5.13. The van der Waals surface area contributed by atoms with Crippen LogP contribution in [-0.2, 0) is 0 Å². The Labute approximate surface area is 141 Å². The van der Waals surface area contributed by atoms with Gasteiger partial charge in [-0.15, -0.1) is 0 Å². The highest BCUT2D eigenvalue weighted by Gasteiger charge is 2.26. The Morgan fingerprint density at radius 1 is 0.773 bits per heavy atom. The van der Waals surface area contributed by atoms with Gasteiger partial charge in [-0.2, -0.15) is 22.7 Å². The molecule has 0 aromatic heterocycles. The standard InChI is InChI=1S/C19H20S.CH4S/c1-20(17-11-5-2-6-12-17,18-13-7-3-8-14-18)19-15-9-4-10-16-19;1-2/h2-3,5-9,11-16H,4,10H2,1H3;2H,1H3. The Morgan fingerprint density at radius 2 is 1.27 bits per heavy atom. The van der Waals surface area contributed by atoms with Crippen LogP contribution >= 0.6 is 22.7 Å². The first kappa shape index (κ1) is 17.0. The fourth-order valence-corrected chi connectivity index (χ4v) is 5.72. The number of allylic oxidation sites excluding steroid dienone is 3. The monoisotopic (exact) mass is 328 g/mol. The molecule has 116 valence electrons. The minimum absolute atomic E-state index is 1.12. The maximum atomic E-state index is 3.53. The van der Waals surface area contributed by atoms with Gasteiger partial charge in [0.1, 0.15) is 0 Å². The van der Waals surface area contributed by atoms with Crippen molar-refractivity contribution in [3.63, 3.8) is 0 Å². The number of hydrogen-bond acceptors (Lipinski definition) is 1. The molecule has 0 atom stereocenters. The molecule has 0 unspecified atom stereocenters. The van der Waals surface area contributed by atoms with E-state index >= 15 is 0 Å². The van der Waals surface area contributed by atoms with E-state index in [-0.39, 0.29) is 0 Å². The van der Waals surface area contributed by atoms with Crippen molar-refractivity contribution in [2.45, 2.75) is 22.6 Å². The predicted molar refractivity (Wildman–Crippen MR) is 104 cm³/mol. The fraction of sp³-hybridized carbons (Fsp3) is 0.200. The van der Waals surface area contributed by atoms with Crippen molar-refractivity contribution in [2.75, 3.05) is 12.5 Å². The third-order valence-corrected chi connectivity index (χ3v) is 7.54. The third-order valence-electron chi connectivity index (χ3n) is 3.86. The van der Waals surface area contributed by atoms with Crippen LogP contribution in [0.5, 0.6) is 0 Å². The third kappa shape index (κ3) is 3.50. The molecule has 1 aliphatic rings. The van der Waals surface area contributed by atoms with Crippen molar-refractivity contribution in [3.8, 4) is 0 Å². The van der Waals surface area contributed by atoms with Gasteiger partial charge in [0.15, 0.2) is 0 Å². The molecular weight excluding hydrogens is 304 g/mol. The number of thiol groups is 1. The van der Waals surface area contributed by atoms with Gasteiger partial charge in [-0.05, 0) is 64.3 Å². The van der Waals surface area contributed by atoms with Crippen molar-refractivity contribution in [1.29, 1.82) is 0 Å². The summed E-state index contributed by atoms with van der Waals surface area (Å²) in [5, 5.41) is 0. The second kappa shape index (κ2) is 8.30. The Balaban J connectivity index is 0.000000847. The van der Waals surface area contributed by atoms with E-state index in [1.54, 1.807) is 6.26 Å². The van der Waals surface area contributed by atoms with E-state index in [0.29, 0.717) is 0 Å². The maximum Gasteiger partial charge on any atom is -0.00213 e. The molecule has 0 spiro atoms. The summed E-state index contributed by atoms with van der Waals surface area (Å²) in [6.45, 7) is 0. The maximum absolute atomic E-state index is 3.53. The highest BCUT2D eigenvalue weighted by molar-refractivity contribution is 8.36. The van der Waals surface area contributed by atoms with Crippen LogP contribution in [0.3, 0.4) is 0 Å². The summed E-state index contributed by atoms with van der Waals surface area (Å²) in [7, 11) is -1.12. The highest BCUT2D eigenvalue weighted by atomic mass is 32.3. The lowest BCUT2D eigenvalue weighted by Crippen LogP contribution is -2.03. The van der Waals surface area contributed by atoms with Gasteiger partial charge in [0, 0.05) is 0 Å². The molecule has 0 amide bonds. The van der Waals surface area contributed by atoms with Gasteiger partial charge in [-0.3, -0.25) is 0 Å². The van der Waals surface area contributed by atoms with Crippen LogP contribution in [0.1, 0.15) is 12.8 Å². The van der Waals surface area contributed by atoms with E-state index in [4.69, 9.17) is 0 Å². The zero-order valence-electron chi connectivity index (χ0n) is 13.3. The Bertz CT molecular complexity index is 588. The molecule has 2 aromatic carbocycles. The SMILES string of the molecule is CS.CS(C1=CCCC=C1)(c1ccccc1)c1ccccc1. The molecule has 0 heterocycles. The van der Waals surface area contributed by atoms with Gasteiger partial charge in [0.25, 0.3) is 0 Å². The fourth-order valence-electron chi connectivity index (χ4n) is 2.69. The molecule has 0 fully saturated rings. The molecular formula is C20H24S2. The normalized spacial score (nSPS) is 14.6. The van der Waals surface area contributed by atoms with Crippen LogP contribution in [0.2, 0.25) is 0 Å². The van der Waals surface area contributed by atoms with Crippen LogP contribution in [0.4, 0.5) is 0 Å². The van der Waals surface area contributed by atoms with Gasteiger partial charge in [0.2, 0.25) is 0 Å². The highest BCUT2D eigenvalue weighted by Crippen LogP contribution is 2.66. The summed E-state index contributed by atoms with van der Waals surface area (Å²) in [6.07, 6.45) is 13.5. The van der Waals surface area contributed by atoms with Gasteiger partial charge in [-0.1, -0.05) is 54.6 Å². The molecule has 0 N–H and O–H groups in total. The van der Waals surface area contributed by atoms with Gasteiger partial charge in [-0.25, -0.2) is 0 Å². The van der Waals surface area contributed by atoms with Crippen molar-refractivity contribution in [3.05, 3.63) is 83.8 Å². The quantitative estimate of drug-likeness (QED) is 0.626. The number of hydrogen-bond donors (Lipinski definition) is 1. The summed E-state index contributed by atoms with van der Waals surface area (Å²) in [5.74, 6) is 0. The van der Waals surface area contributed by atoms with Crippen LogP contribution in [0.15, 0.2) is 93.6 Å². The number of rotatable bonds is 3. The van der Waals surface area contributed by atoms with E-state index in [9.17, 15) is 0 Å². The van der Waals surface area contributed by atoms with E-state index in [2.05, 4.69) is 97.8 Å². The van der Waals surface area contributed by atoms with E-state index in [1.807, 2.05) is 0 Å². The zero-order chi connectivity index (χ0) is 15.8. The lowest BCUT2D eigenvalue weighted by atomic mass is 10.2. The Morgan fingerprint density at radius 3 is 1.68 bits per heavy atom. The minimum atomic E-state index is -1.12. The lowest BCUT2D eigenvalue weighted by molar-refractivity contribution is 1.03. The number of benzene rings is 2. The first-order chi connectivity index (χ1) is 10.8. The van der Waals surface area contributed by atoms with Gasteiger partial charge < -0.3 is 0 Å². The zero-order valence-corrected chi connectivity index (χ0v) is 15.0. The van der Waals surface area contributed by atoms with Crippen LogP contribution in [0, 0.1) is 0 Å². The smallest absolute Gasteiger partial charge is 0.00213 e.